The maximum absolute atomic E-state index is 13.5. The van der Waals surface area contributed by atoms with Crippen molar-refractivity contribution in [2.75, 3.05) is 25.0 Å². The fourth-order valence-corrected chi connectivity index (χ4v) is 2.21. The number of urea groups is 1. The van der Waals surface area contributed by atoms with E-state index in [1.54, 1.807) is 6.92 Å². The molecular weight excluding hydrogens is 285 g/mol. The molecule has 0 aromatic heterocycles. The number of benzene rings is 1. The summed E-state index contributed by atoms with van der Waals surface area (Å²) >= 11 is 0. The van der Waals surface area contributed by atoms with Gasteiger partial charge in [0.05, 0.1) is 11.8 Å². The molecule has 1 aliphatic rings. The van der Waals surface area contributed by atoms with Gasteiger partial charge in [-0.05, 0) is 31.9 Å². The third-order valence-corrected chi connectivity index (χ3v) is 3.39. The molecule has 2 amide bonds. The summed E-state index contributed by atoms with van der Waals surface area (Å²) in [6.45, 7) is 3.22. The van der Waals surface area contributed by atoms with Gasteiger partial charge in [0.2, 0.25) is 0 Å². The van der Waals surface area contributed by atoms with Crippen molar-refractivity contribution in [1.82, 2.24) is 4.90 Å². The van der Waals surface area contributed by atoms with E-state index in [1.165, 1.54) is 4.90 Å². The first-order valence-corrected chi connectivity index (χ1v) is 6.84. The molecule has 0 spiro atoms. The van der Waals surface area contributed by atoms with Gasteiger partial charge in [0, 0.05) is 19.7 Å². The number of amides is 2. The second kappa shape index (κ2) is 6.80. The predicted octanol–water partition coefficient (Wildman–Crippen LogP) is 3.14. The van der Waals surface area contributed by atoms with Crippen molar-refractivity contribution in [2.24, 2.45) is 0 Å². The van der Waals surface area contributed by atoms with Gasteiger partial charge in [-0.3, -0.25) is 0 Å². The lowest BCUT2D eigenvalue weighted by Crippen LogP contribution is -2.40. The summed E-state index contributed by atoms with van der Waals surface area (Å²) in [6.07, 6.45) is 1.77. The van der Waals surface area contributed by atoms with Gasteiger partial charge in [-0.1, -0.05) is 0 Å². The molecule has 1 unspecified atom stereocenters. The number of anilines is 1. The second-order valence-electron chi connectivity index (χ2n) is 4.83. The van der Waals surface area contributed by atoms with E-state index in [1.807, 2.05) is 0 Å². The first-order chi connectivity index (χ1) is 10.0. The number of carbonyl (C=O) groups is 1. The van der Waals surface area contributed by atoms with Gasteiger partial charge in [0.15, 0.2) is 17.5 Å². The Morgan fingerprint density at radius 1 is 1.38 bits per heavy atom. The number of rotatable bonds is 4. The first-order valence-electron chi connectivity index (χ1n) is 6.84. The third-order valence-electron chi connectivity index (χ3n) is 3.39. The molecule has 21 heavy (non-hydrogen) atoms. The maximum Gasteiger partial charge on any atom is 0.322 e. The monoisotopic (exact) mass is 302 g/mol. The number of nitrogens with zero attached hydrogens (tertiary/aromatic N) is 1. The molecule has 2 rings (SSSR count). The van der Waals surface area contributed by atoms with Crippen LogP contribution in [-0.2, 0) is 4.74 Å². The van der Waals surface area contributed by atoms with Gasteiger partial charge in [0.25, 0.3) is 0 Å². The summed E-state index contributed by atoms with van der Waals surface area (Å²) in [5.41, 5.74) is -0.385. The fraction of sp³-hybridized carbons (Fsp3) is 0.500. The van der Waals surface area contributed by atoms with Crippen LogP contribution in [0, 0.1) is 17.5 Å². The molecule has 0 saturated carbocycles. The average molecular weight is 302 g/mol. The van der Waals surface area contributed by atoms with Crippen molar-refractivity contribution >= 4 is 11.7 Å². The van der Waals surface area contributed by atoms with Crippen LogP contribution in [0.2, 0.25) is 0 Å². The van der Waals surface area contributed by atoms with Crippen molar-refractivity contribution in [1.29, 1.82) is 0 Å². The van der Waals surface area contributed by atoms with Gasteiger partial charge >= 0.3 is 6.03 Å². The van der Waals surface area contributed by atoms with Gasteiger partial charge in [0.1, 0.15) is 0 Å². The normalized spacial score (nSPS) is 17.8. The number of hydrogen-bond donors (Lipinski definition) is 1. The van der Waals surface area contributed by atoms with E-state index in [-0.39, 0.29) is 11.8 Å². The maximum atomic E-state index is 13.5. The van der Waals surface area contributed by atoms with Crippen LogP contribution in [0.25, 0.3) is 0 Å². The minimum Gasteiger partial charge on any atom is -0.376 e. The summed E-state index contributed by atoms with van der Waals surface area (Å²) in [6, 6.07) is 1.19. The van der Waals surface area contributed by atoms with E-state index in [9.17, 15) is 18.0 Å². The van der Waals surface area contributed by atoms with Crippen LogP contribution >= 0.6 is 0 Å². The van der Waals surface area contributed by atoms with Crippen LogP contribution in [0.15, 0.2) is 12.1 Å². The van der Waals surface area contributed by atoms with Crippen molar-refractivity contribution < 1.29 is 22.7 Å². The van der Waals surface area contributed by atoms with Crippen LogP contribution in [0.5, 0.6) is 0 Å². The van der Waals surface area contributed by atoms with E-state index in [4.69, 9.17) is 4.74 Å². The van der Waals surface area contributed by atoms with Crippen molar-refractivity contribution in [2.45, 2.75) is 25.9 Å². The fourth-order valence-electron chi connectivity index (χ4n) is 2.21. The topological polar surface area (TPSA) is 41.6 Å². The Balaban J connectivity index is 2.03. The van der Waals surface area contributed by atoms with E-state index in [2.05, 4.69) is 5.32 Å². The summed E-state index contributed by atoms with van der Waals surface area (Å²) in [7, 11) is 0. The van der Waals surface area contributed by atoms with Crippen LogP contribution in [0.1, 0.15) is 19.8 Å². The van der Waals surface area contributed by atoms with Crippen LogP contribution in [-0.4, -0.2) is 36.7 Å². The Labute approximate surface area is 120 Å². The van der Waals surface area contributed by atoms with Crippen molar-refractivity contribution in [3.8, 4) is 0 Å². The summed E-state index contributed by atoms with van der Waals surface area (Å²) < 4.78 is 44.9. The lowest BCUT2D eigenvalue weighted by molar-refractivity contribution is 0.0849. The van der Waals surface area contributed by atoms with Gasteiger partial charge in [-0.15, -0.1) is 0 Å². The minimum absolute atomic E-state index is 0.0366. The molecule has 1 aliphatic heterocycles. The average Bonchev–Trinajstić information content (AvgIpc) is 2.98. The van der Waals surface area contributed by atoms with Crippen LogP contribution in [0.4, 0.5) is 23.7 Å². The quantitative estimate of drug-likeness (QED) is 0.868. The number of halogens is 3. The molecule has 116 valence electrons. The molecule has 4 nitrogen and oxygen atoms in total. The SMILES string of the molecule is CCN(CC1CCCO1)C(=O)Nc1ccc(F)c(F)c1F. The van der Waals surface area contributed by atoms with E-state index < -0.39 is 23.5 Å². The van der Waals surface area contributed by atoms with Gasteiger partial charge in [-0.2, -0.15) is 0 Å². The smallest absolute Gasteiger partial charge is 0.322 e. The highest BCUT2D eigenvalue weighted by Crippen LogP contribution is 2.20. The number of carbonyl (C=O) groups excluding carboxylic acids is 1. The van der Waals surface area contributed by atoms with E-state index >= 15 is 0 Å². The number of likely N-dealkylation sites (N-methyl/N-ethyl adjacent to an activating group) is 1. The minimum atomic E-state index is -1.60. The standard InChI is InChI=1S/C14H17F3N2O2/c1-2-19(8-9-4-3-7-21-9)14(20)18-11-6-5-10(15)12(16)13(11)17/h5-6,9H,2-4,7-8H2,1H3,(H,18,20). The largest absolute Gasteiger partial charge is 0.376 e. The number of nitrogens with one attached hydrogen (secondary N) is 1. The highest BCUT2D eigenvalue weighted by molar-refractivity contribution is 5.89. The molecule has 1 aromatic rings. The molecule has 0 aliphatic carbocycles. The lowest BCUT2D eigenvalue weighted by atomic mass is 10.2. The van der Waals surface area contributed by atoms with Gasteiger partial charge < -0.3 is 15.0 Å². The summed E-state index contributed by atoms with van der Waals surface area (Å²) in [5, 5.41) is 2.25. The molecule has 1 heterocycles. The Morgan fingerprint density at radius 3 is 2.76 bits per heavy atom. The molecule has 7 heteroatoms. The molecule has 1 fully saturated rings. The van der Waals surface area contributed by atoms with Crippen molar-refractivity contribution in [3.63, 3.8) is 0 Å². The molecule has 0 radical (unpaired) electrons. The molecule has 1 atom stereocenters. The number of ether oxygens (including phenoxy) is 1. The Kier molecular flexibility index (Phi) is 5.06. The highest BCUT2D eigenvalue weighted by atomic mass is 19.2. The summed E-state index contributed by atoms with van der Waals surface area (Å²) in [5.74, 6) is -4.30. The van der Waals surface area contributed by atoms with E-state index in [0.29, 0.717) is 19.7 Å². The van der Waals surface area contributed by atoms with Crippen LogP contribution < -0.4 is 5.32 Å². The molecule has 1 N–H and O–H groups in total. The zero-order chi connectivity index (χ0) is 15.4. The molecule has 0 bridgehead atoms. The van der Waals surface area contributed by atoms with E-state index in [0.717, 1.165) is 25.0 Å². The van der Waals surface area contributed by atoms with Gasteiger partial charge in [-0.25, -0.2) is 18.0 Å². The Morgan fingerprint density at radius 2 is 2.14 bits per heavy atom. The molecule has 1 saturated heterocycles. The lowest BCUT2D eigenvalue weighted by Gasteiger charge is -2.24. The molecule has 1 aromatic carbocycles. The second-order valence-corrected chi connectivity index (χ2v) is 4.83. The van der Waals surface area contributed by atoms with Crippen molar-refractivity contribution in [3.05, 3.63) is 29.6 Å². The molecular formula is C14H17F3N2O2. The van der Waals surface area contributed by atoms with Crippen LogP contribution in [0.3, 0.4) is 0 Å². The zero-order valence-corrected chi connectivity index (χ0v) is 11.7. The number of hydrogen-bond acceptors (Lipinski definition) is 2. The predicted molar refractivity (Wildman–Crippen MR) is 71.6 cm³/mol. The highest BCUT2D eigenvalue weighted by Gasteiger charge is 2.23. The third kappa shape index (κ3) is 3.66. The first kappa shape index (κ1) is 15.6. The Hall–Kier alpha value is -1.76. The summed E-state index contributed by atoms with van der Waals surface area (Å²) in [4.78, 5) is 13.5. The Bertz CT molecular complexity index is 519. The zero-order valence-electron chi connectivity index (χ0n) is 11.7.